The maximum atomic E-state index is 5.75. The molecule has 1 atom stereocenters. The largest absolute Gasteiger partial charge is 0.381 e. The van der Waals surface area contributed by atoms with Crippen LogP contribution in [0.1, 0.15) is 25.7 Å². The summed E-state index contributed by atoms with van der Waals surface area (Å²) in [7, 11) is 1.84. The molecular weight excluding hydrogens is 475 g/mol. The highest BCUT2D eigenvalue weighted by atomic mass is 127. The van der Waals surface area contributed by atoms with Crippen molar-refractivity contribution in [3.63, 3.8) is 0 Å². The van der Waals surface area contributed by atoms with Crippen LogP contribution >= 0.6 is 35.3 Å². The Bertz CT molecular complexity index is 530. The first-order valence-electron chi connectivity index (χ1n) is 9.76. The Hall–Kier alpha value is -0.580. The van der Waals surface area contributed by atoms with Gasteiger partial charge in [0.2, 0.25) is 0 Å². The van der Waals surface area contributed by atoms with Gasteiger partial charge in [0, 0.05) is 51.9 Å². The normalized spacial score (nSPS) is 21.1. The third-order valence-electron chi connectivity index (χ3n) is 5.01. The minimum Gasteiger partial charge on any atom is -0.381 e. The maximum Gasteiger partial charge on any atom is 0.191 e. The molecule has 0 spiro atoms. The first-order chi connectivity index (χ1) is 12.8. The van der Waals surface area contributed by atoms with Crippen molar-refractivity contribution in [3.8, 4) is 0 Å². The highest BCUT2D eigenvalue weighted by Crippen LogP contribution is 2.24. The second-order valence-corrected chi connectivity index (χ2v) is 7.94. The van der Waals surface area contributed by atoms with Gasteiger partial charge in [-0.2, -0.15) is 0 Å². The summed E-state index contributed by atoms with van der Waals surface area (Å²) in [6, 6.07) is 4.83. The second-order valence-electron chi connectivity index (χ2n) is 7.01. The van der Waals surface area contributed by atoms with E-state index in [0.717, 1.165) is 77.7 Å². The van der Waals surface area contributed by atoms with Gasteiger partial charge in [0.25, 0.3) is 0 Å². The zero-order chi connectivity index (χ0) is 18.0. The fourth-order valence-electron chi connectivity index (χ4n) is 3.43. The quantitative estimate of drug-likeness (QED) is 0.245. The summed E-state index contributed by atoms with van der Waals surface area (Å²) in [6.45, 7) is 6.47. The fourth-order valence-corrected chi connectivity index (χ4v) is 4.21. The smallest absolute Gasteiger partial charge is 0.191 e. The monoisotopic (exact) mass is 508 g/mol. The number of halogens is 1. The molecule has 2 fully saturated rings. The van der Waals surface area contributed by atoms with Gasteiger partial charge in [-0.25, -0.2) is 0 Å². The number of guanidine groups is 1. The van der Waals surface area contributed by atoms with Crippen molar-refractivity contribution in [2.75, 3.05) is 58.0 Å². The molecule has 0 amide bonds. The van der Waals surface area contributed by atoms with E-state index in [1.165, 1.54) is 5.00 Å². The fraction of sp³-hybridized carbons (Fsp3) is 0.737. The standard InChI is InChI=1S/C19H32N4O2S.HI/c1-20-19(21-8-3-11-24-14-16-7-12-25-15-16)22-17-5-9-23(10-6-17)18-4-2-13-26-18;/h2,4,13,16-17H,3,5-12,14-15H2,1H3,(H2,20,21,22);1H. The zero-order valence-electron chi connectivity index (χ0n) is 16.2. The van der Waals surface area contributed by atoms with Crippen LogP contribution in [0.2, 0.25) is 0 Å². The third kappa shape index (κ3) is 7.75. The number of nitrogens with one attached hydrogen (secondary N) is 2. The zero-order valence-corrected chi connectivity index (χ0v) is 19.3. The predicted octanol–water partition coefficient (Wildman–Crippen LogP) is 2.94. The topological polar surface area (TPSA) is 58.1 Å². The molecule has 0 aromatic carbocycles. The molecule has 3 rings (SSSR count). The summed E-state index contributed by atoms with van der Waals surface area (Å²) < 4.78 is 11.1. The summed E-state index contributed by atoms with van der Waals surface area (Å²) in [4.78, 5) is 6.84. The second kappa shape index (κ2) is 12.8. The number of rotatable bonds is 8. The Labute approximate surface area is 184 Å². The Morgan fingerprint density at radius 2 is 2.22 bits per heavy atom. The maximum absolute atomic E-state index is 5.75. The lowest BCUT2D eigenvalue weighted by Crippen LogP contribution is -2.48. The Morgan fingerprint density at radius 1 is 1.37 bits per heavy atom. The van der Waals surface area contributed by atoms with Crippen LogP contribution in [0.25, 0.3) is 0 Å². The number of nitrogens with zero attached hydrogens (tertiary/aromatic N) is 2. The van der Waals surface area contributed by atoms with E-state index in [4.69, 9.17) is 9.47 Å². The molecule has 1 aromatic rings. The lowest BCUT2D eigenvalue weighted by atomic mass is 10.1. The van der Waals surface area contributed by atoms with Gasteiger partial charge >= 0.3 is 0 Å². The van der Waals surface area contributed by atoms with Crippen LogP contribution in [0, 0.1) is 5.92 Å². The molecule has 27 heavy (non-hydrogen) atoms. The van der Waals surface area contributed by atoms with Crippen LogP contribution in [0.15, 0.2) is 22.5 Å². The van der Waals surface area contributed by atoms with Crippen LogP contribution in [-0.2, 0) is 9.47 Å². The molecule has 154 valence electrons. The van der Waals surface area contributed by atoms with E-state index < -0.39 is 0 Å². The molecule has 8 heteroatoms. The van der Waals surface area contributed by atoms with E-state index in [1.54, 1.807) is 0 Å². The van der Waals surface area contributed by atoms with E-state index in [2.05, 4.69) is 38.0 Å². The minimum absolute atomic E-state index is 0. The molecule has 0 aliphatic carbocycles. The average molecular weight is 508 g/mol. The van der Waals surface area contributed by atoms with Gasteiger partial charge in [-0.05, 0) is 43.2 Å². The number of piperidine rings is 1. The molecule has 0 radical (unpaired) electrons. The Balaban J connectivity index is 0.00000261. The highest BCUT2D eigenvalue weighted by Gasteiger charge is 2.20. The van der Waals surface area contributed by atoms with Crippen molar-refractivity contribution in [1.29, 1.82) is 0 Å². The number of hydrogen-bond donors (Lipinski definition) is 2. The molecule has 3 heterocycles. The predicted molar refractivity (Wildman–Crippen MR) is 124 cm³/mol. The highest BCUT2D eigenvalue weighted by molar-refractivity contribution is 14.0. The molecule has 1 aromatic heterocycles. The van der Waals surface area contributed by atoms with Crippen LogP contribution in [0.4, 0.5) is 5.00 Å². The SMILES string of the molecule is CN=C(NCCCOCC1CCOC1)NC1CCN(c2cccs2)CC1.I. The molecule has 6 nitrogen and oxygen atoms in total. The van der Waals surface area contributed by atoms with Crippen molar-refractivity contribution in [2.24, 2.45) is 10.9 Å². The van der Waals surface area contributed by atoms with Crippen molar-refractivity contribution in [2.45, 2.75) is 31.7 Å². The summed E-state index contributed by atoms with van der Waals surface area (Å²) in [6.07, 6.45) is 4.42. The molecule has 2 saturated heterocycles. The van der Waals surface area contributed by atoms with Gasteiger partial charge in [-0.3, -0.25) is 4.99 Å². The summed E-state index contributed by atoms with van der Waals surface area (Å²) in [5.74, 6) is 1.50. The summed E-state index contributed by atoms with van der Waals surface area (Å²) >= 11 is 1.83. The first-order valence-corrected chi connectivity index (χ1v) is 10.6. The molecular formula is C19H33IN4O2S. The molecule has 1 unspecified atom stereocenters. The number of thiophene rings is 1. The summed E-state index contributed by atoms with van der Waals surface area (Å²) in [5, 5.41) is 10.5. The number of hydrogen-bond acceptors (Lipinski definition) is 5. The third-order valence-corrected chi connectivity index (χ3v) is 5.94. The number of anilines is 1. The van der Waals surface area contributed by atoms with E-state index in [-0.39, 0.29) is 24.0 Å². The molecule has 2 N–H and O–H groups in total. The molecule has 2 aliphatic rings. The summed E-state index contributed by atoms with van der Waals surface area (Å²) in [5.41, 5.74) is 0. The van der Waals surface area contributed by atoms with Crippen molar-refractivity contribution >= 4 is 46.3 Å². The number of aliphatic imine (C=N–C) groups is 1. The van der Waals surface area contributed by atoms with Crippen LogP contribution in [-0.4, -0.2) is 65.1 Å². The molecule has 0 saturated carbocycles. The van der Waals surface area contributed by atoms with E-state index in [1.807, 2.05) is 18.4 Å². The van der Waals surface area contributed by atoms with Gasteiger partial charge in [0.15, 0.2) is 5.96 Å². The van der Waals surface area contributed by atoms with E-state index in [9.17, 15) is 0 Å². The van der Waals surface area contributed by atoms with Crippen LogP contribution < -0.4 is 15.5 Å². The van der Waals surface area contributed by atoms with E-state index in [0.29, 0.717) is 12.0 Å². The lowest BCUT2D eigenvalue weighted by Gasteiger charge is -2.33. The van der Waals surface area contributed by atoms with Crippen LogP contribution in [0.3, 0.4) is 0 Å². The van der Waals surface area contributed by atoms with Crippen molar-refractivity contribution in [3.05, 3.63) is 17.5 Å². The Kier molecular flexibility index (Phi) is 10.8. The van der Waals surface area contributed by atoms with Crippen molar-refractivity contribution < 1.29 is 9.47 Å². The Morgan fingerprint density at radius 3 is 2.89 bits per heavy atom. The lowest BCUT2D eigenvalue weighted by molar-refractivity contribution is 0.0888. The first kappa shape index (κ1) is 22.7. The van der Waals surface area contributed by atoms with Gasteiger partial charge in [-0.15, -0.1) is 35.3 Å². The van der Waals surface area contributed by atoms with Gasteiger partial charge in [0.05, 0.1) is 18.2 Å². The van der Waals surface area contributed by atoms with Gasteiger partial charge in [0.1, 0.15) is 0 Å². The van der Waals surface area contributed by atoms with Crippen molar-refractivity contribution in [1.82, 2.24) is 10.6 Å². The average Bonchev–Trinajstić information content (AvgIpc) is 3.38. The van der Waals surface area contributed by atoms with Gasteiger partial charge < -0.3 is 25.0 Å². The molecule has 2 aliphatic heterocycles. The number of ether oxygens (including phenoxy) is 2. The van der Waals surface area contributed by atoms with E-state index >= 15 is 0 Å². The van der Waals surface area contributed by atoms with Crippen LogP contribution in [0.5, 0.6) is 0 Å². The minimum atomic E-state index is 0. The molecule has 0 bridgehead atoms. The van der Waals surface area contributed by atoms with Gasteiger partial charge in [-0.1, -0.05) is 0 Å².